The summed E-state index contributed by atoms with van der Waals surface area (Å²) < 4.78 is 17.0. The molecule has 2 N–H and O–H groups in total. The van der Waals surface area contributed by atoms with Crippen LogP contribution in [0, 0.1) is 4.77 Å². The molecule has 0 bridgehead atoms. The minimum absolute atomic E-state index is 0.361. The van der Waals surface area contributed by atoms with Gasteiger partial charge in [-0.2, -0.15) is 0 Å². The highest BCUT2D eigenvalue weighted by molar-refractivity contribution is 7.71. The van der Waals surface area contributed by atoms with Gasteiger partial charge in [0.25, 0.3) is 0 Å². The zero-order chi connectivity index (χ0) is 21.1. The van der Waals surface area contributed by atoms with E-state index in [1.54, 1.807) is 26.4 Å². The van der Waals surface area contributed by atoms with Crippen molar-refractivity contribution < 1.29 is 14.2 Å². The number of nitrogens with zero attached hydrogens (tertiary/aromatic N) is 1. The molecular formula is C22H18ClN3O3S. The molecule has 1 heterocycles. The molecule has 0 aliphatic carbocycles. The number of H-pyrrole nitrogens is 1. The van der Waals surface area contributed by atoms with Crippen molar-refractivity contribution in [2.75, 3.05) is 19.5 Å². The average molecular weight is 440 g/mol. The highest BCUT2D eigenvalue weighted by atomic mass is 35.5. The number of benzene rings is 3. The van der Waals surface area contributed by atoms with E-state index < -0.39 is 0 Å². The molecule has 6 nitrogen and oxygen atoms in total. The molecular weight excluding hydrogens is 422 g/mol. The Bertz CT molecular complexity index is 1240. The van der Waals surface area contributed by atoms with Crippen LogP contribution >= 0.6 is 23.8 Å². The Balaban J connectivity index is 1.62. The van der Waals surface area contributed by atoms with E-state index >= 15 is 0 Å². The number of methoxy groups -OCH3 is 2. The van der Waals surface area contributed by atoms with Crippen molar-refractivity contribution in [3.63, 3.8) is 0 Å². The number of halogens is 1. The van der Waals surface area contributed by atoms with Gasteiger partial charge < -0.3 is 24.5 Å². The third-order valence-electron chi connectivity index (χ3n) is 4.40. The molecule has 0 unspecified atom stereocenters. The monoisotopic (exact) mass is 439 g/mol. The fourth-order valence-electron chi connectivity index (χ4n) is 2.96. The van der Waals surface area contributed by atoms with E-state index in [1.807, 2.05) is 48.5 Å². The lowest BCUT2D eigenvalue weighted by Gasteiger charge is -2.13. The van der Waals surface area contributed by atoms with Crippen LogP contribution in [0.5, 0.6) is 23.0 Å². The molecule has 0 spiro atoms. The quantitative estimate of drug-likeness (QED) is 0.334. The van der Waals surface area contributed by atoms with Crippen molar-refractivity contribution in [2.45, 2.75) is 0 Å². The van der Waals surface area contributed by atoms with Gasteiger partial charge in [-0.3, -0.25) is 0 Å². The SMILES string of the molecule is COc1cc2[nH]c(=S)nc(Nc3ccc(Oc4ccc(Cl)cc4)cc3)c2cc1OC. The lowest BCUT2D eigenvalue weighted by Crippen LogP contribution is -1.99. The van der Waals surface area contributed by atoms with Crippen LogP contribution in [0.4, 0.5) is 11.5 Å². The van der Waals surface area contributed by atoms with Crippen LogP contribution in [0.25, 0.3) is 10.9 Å². The van der Waals surface area contributed by atoms with Crippen molar-refractivity contribution in [2.24, 2.45) is 0 Å². The molecule has 0 aliphatic rings. The van der Waals surface area contributed by atoms with E-state index in [9.17, 15) is 0 Å². The van der Waals surface area contributed by atoms with Gasteiger partial charge in [0.05, 0.1) is 19.7 Å². The first-order valence-electron chi connectivity index (χ1n) is 9.02. The second-order valence-corrected chi connectivity index (χ2v) is 7.17. The summed E-state index contributed by atoms with van der Waals surface area (Å²) in [5, 5.41) is 4.79. The number of fused-ring (bicyclic) bond motifs is 1. The van der Waals surface area contributed by atoms with E-state index in [-0.39, 0.29) is 0 Å². The van der Waals surface area contributed by atoms with E-state index in [0.717, 1.165) is 16.6 Å². The third-order valence-corrected chi connectivity index (χ3v) is 4.85. The molecule has 4 rings (SSSR count). The molecule has 0 saturated carbocycles. The summed E-state index contributed by atoms with van der Waals surface area (Å²) in [4.78, 5) is 7.51. The Morgan fingerprint density at radius 2 is 1.50 bits per heavy atom. The number of aromatic nitrogens is 2. The van der Waals surface area contributed by atoms with Crippen LogP contribution in [0.3, 0.4) is 0 Å². The van der Waals surface area contributed by atoms with Gasteiger partial charge in [-0.05, 0) is 66.8 Å². The molecule has 3 aromatic carbocycles. The van der Waals surface area contributed by atoms with Crippen molar-refractivity contribution >= 4 is 46.2 Å². The maximum Gasteiger partial charge on any atom is 0.199 e. The normalized spacial score (nSPS) is 10.6. The van der Waals surface area contributed by atoms with E-state index in [2.05, 4.69) is 15.3 Å². The first-order chi connectivity index (χ1) is 14.6. The number of hydrogen-bond donors (Lipinski definition) is 2. The van der Waals surface area contributed by atoms with Gasteiger partial charge in [0, 0.05) is 22.2 Å². The van der Waals surface area contributed by atoms with E-state index in [0.29, 0.717) is 38.6 Å². The van der Waals surface area contributed by atoms with Gasteiger partial charge in [-0.15, -0.1) is 0 Å². The van der Waals surface area contributed by atoms with Crippen molar-refractivity contribution in [3.8, 4) is 23.0 Å². The predicted molar refractivity (Wildman–Crippen MR) is 121 cm³/mol. The zero-order valence-electron chi connectivity index (χ0n) is 16.2. The van der Waals surface area contributed by atoms with Crippen molar-refractivity contribution in [1.82, 2.24) is 9.97 Å². The summed E-state index contributed by atoms with van der Waals surface area (Å²) in [6.45, 7) is 0. The number of aromatic amines is 1. The molecule has 1 aromatic heterocycles. The lowest BCUT2D eigenvalue weighted by atomic mass is 10.2. The van der Waals surface area contributed by atoms with Crippen LogP contribution in [-0.4, -0.2) is 24.2 Å². The highest BCUT2D eigenvalue weighted by Crippen LogP contribution is 2.35. The number of hydrogen-bond acceptors (Lipinski definition) is 6. The number of ether oxygens (including phenoxy) is 3. The summed E-state index contributed by atoms with van der Waals surface area (Å²) in [7, 11) is 3.18. The number of anilines is 2. The van der Waals surface area contributed by atoms with E-state index in [1.165, 1.54) is 0 Å². The van der Waals surface area contributed by atoms with Gasteiger partial charge in [0.15, 0.2) is 16.3 Å². The van der Waals surface area contributed by atoms with Crippen LogP contribution in [0.15, 0.2) is 60.7 Å². The summed E-state index contributed by atoms with van der Waals surface area (Å²) in [5.74, 6) is 3.24. The van der Waals surface area contributed by atoms with Gasteiger partial charge in [-0.1, -0.05) is 11.6 Å². The Hall–Kier alpha value is -3.29. The van der Waals surface area contributed by atoms with E-state index in [4.69, 9.17) is 38.0 Å². The fourth-order valence-corrected chi connectivity index (χ4v) is 3.29. The summed E-state index contributed by atoms with van der Waals surface area (Å²) in [6, 6.07) is 18.4. The van der Waals surface area contributed by atoms with Gasteiger partial charge in [-0.25, -0.2) is 4.98 Å². The number of nitrogens with one attached hydrogen (secondary N) is 2. The Kier molecular flexibility index (Phi) is 5.74. The Labute approximate surface area is 183 Å². The first kappa shape index (κ1) is 20.0. The largest absolute Gasteiger partial charge is 0.493 e. The lowest BCUT2D eigenvalue weighted by molar-refractivity contribution is 0.356. The van der Waals surface area contributed by atoms with Gasteiger partial charge in [0.1, 0.15) is 17.3 Å². The highest BCUT2D eigenvalue weighted by Gasteiger charge is 2.11. The zero-order valence-corrected chi connectivity index (χ0v) is 17.8. The molecule has 0 atom stereocenters. The van der Waals surface area contributed by atoms with Gasteiger partial charge in [0.2, 0.25) is 0 Å². The maximum absolute atomic E-state index is 5.91. The van der Waals surface area contributed by atoms with Crippen LogP contribution in [0.2, 0.25) is 5.02 Å². The van der Waals surface area contributed by atoms with Crippen LogP contribution in [-0.2, 0) is 0 Å². The molecule has 0 radical (unpaired) electrons. The minimum atomic E-state index is 0.361. The van der Waals surface area contributed by atoms with Crippen molar-refractivity contribution in [3.05, 3.63) is 70.5 Å². The van der Waals surface area contributed by atoms with Crippen LogP contribution in [0.1, 0.15) is 0 Å². The summed E-state index contributed by atoms with van der Waals surface area (Å²) in [5.41, 5.74) is 1.63. The molecule has 8 heteroatoms. The minimum Gasteiger partial charge on any atom is -0.493 e. The second-order valence-electron chi connectivity index (χ2n) is 6.35. The molecule has 4 aromatic rings. The predicted octanol–water partition coefficient (Wildman–Crippen LogP) is 6.50. The van der Waals surface area contributed by atoms with Gasteiger partial charge >= 0.3 is 0 Å². The smallest absolute Gasteiger partial charge is 0.199 e. The molecule has 0 fully saturated rings. The topological polar surface area (TPSA) is 68.4 Å². The average Bonchev–Trinajstić information content (AvgIpc) is 2.75. The molecule has 0 aliphatic heterocycles. The summed E-state index contributed by atoms with van der Waals surface area (Å²) >= 11 is 11.2. The maximum atomic E-state index is 5.91. The summed E-state index contributed by atoms with van der Waals surface area (Å²) in [6.07, 6.45) is 0. The standard InChI is InChI=1S/C22H18ClN3O3S/c1-27-19-11-17-18(12-20(19)28-2)25-22(30)26-21(17)24-14-5-9-16(10-6-14)29-15-7-3-13(23)4-8-15/h3-12H,1-2H3,(H2,24,25,26,30). The molecule has 0 amide bonds. The van der Waals surface area contributed by atoms with Crippen molar-refractivity contribution in [1.29, 1.82) is 0 Å². The Morgan fingerprint density at radius 1 is 0.900 bits per heavy atom. The molecule has 152 valence electrons. The first-order valence-corrected chi connectivity index (χ1v) is 9.81. The van der Waals surface area contributed by atoms with Crippen LogP contribution < -0.4 is 19.5 Å². The molecule has 30 heavy (non-hydrogen) atoms. The number of rotatable bonds is 6. The fraction of sp³-hybridized carbons (Fsp3) is 0.0909. The second kappa shape index (κ2) is 8.61. The third kappa shape index (κ3) is 4.32. The molecule has 0 saturated heterocycles. The Morgan fingerprint density at radius 3 is 2.13 bits per heavy atom.